The monoisotopic (exact) mass is 390 g/mol. The largest absolute Gasteiger partial charge is 0.469 e. The fourth-order valence-corrected chi connectivity index (χ4v) is 3.00. The predicted molar refractivity (Wildman–Crippen MR) is 91.8 cm³/mol. The van der Waals surface area contributed by atoms with Crippen LogP contribution in [0.5, 0.6) is 0 Å². The molecule has 27 heavy (non-hydrogen) atoms. The Kier molecular flexibility index (Phi) is 7.99. The van der Waals surface area contributed by atoms with Crippen LogP contribution in [0.2, 0.25) is 0 Å². The molecule has 0 radical (unpaired) electrons. The van der Waals surface area contributed by atoms with Crippen molar-refractivity contribution in [3.05, 3.63) is 0 Å². The highest BCUT2D eigenvalue weighted by molar-refractivity contribution is 5.69. The van der Waals surface area contributed by atoms with E-state index in [0.29, 0.717) is 39.3 Å². The van der Waals surface area contributed by atoms with Crippen molar-refractivity contribution >= 4 is 11.9 Å². The van der Waals surface area contributed by atoms with Crippen molar-refractivity contribution in [3.63, 3.8) is 0 Å². The molecule has 0 N–H and O–H groups in total. The molecule has 0 spiro atoms. The van der Waals surface area contributed by atoms with Gasteiger partial charge in [0, 0.05) is 12.8 Å². The average Bonchev–Trinajstić information content (AvgIpc) is 3.21. The summed E-state index contributed by atoms with van der Waals surface area (Å²) < 4.78 is 38.0. The lowest BCUT2D eigenvalue weighted by Gasteiger charge is -2.23. The number of ether oxygens (including phenoxy) is 7. The molecule has 2 heterocycles. The lowest BCUT2D eigenvalue weighted by atomic mass is 10.2. The van der Waals surface area contributed by atoms with Crippen molar-refractivity contribution in [2.45, 2.75) is 63.3 Å². The third-order valence-corrected chi connectivity index (χ3v) is 4.61. The lowest BCUT2D eigenvalue weighted by molar-refractivity contribution is -0.177. The Morgan fingerprint density at radius 3 is 1.63 bits per heavy atom. The summed E-state index contributed by atoms with van der Waals surface area (Å²) in [6.07, 6.45) is 0.903. The van der Waals surface area contributed by atoms with Gasteiger partial charge in [0.1, 0.15) is 12.2 Å². The number of rotatable bonds is 10. The molecular weight excluding hydrogens is 360 g/mol. The third kappa shape index (κ3) is 7.00. The summed E-state index contributed by atoms with van der Waals surface area (Å²) in [5, 5.41) is 0. The van der Waals surface area contributed by atoms with Gasteiger partial charge in [0.25, 0.3) is 0 Å². The SMILES string of the molecule is COC(=O)CCC1(C)OCC(COCC2COC(C)(CCC(=O)OC)O2)O1. The van der Waals surface area contributed by atoms with Crippen LogP contribution in [0.3, 0.4) is 0 Å². The van der Waals surface area contributed by atoms with Crippen molar-refractivity contribution in [1.29, 1.82) is 0 Å². The molecule has 0 saturated carbocycles. The maximum absolute atomic E-state index is 11.3. The van der Waals surface area contributed by atoms with Crippen LogP contribution in [0, 0.1) is 0 Å². The second-order valence-corrected chi connectivity index (χ2v) is 7.06. The standard InChI is InChI=1S/C18H30O9/c1-17(7-5-15(19)21-3)24-11-13(26-17)9-23-10-14-12-25-18(2,27-14)8-6-16(20)22-4/h13-14H,5-12H2,1-4H3. The zero-order valence-electron chi connectivity index (χ0n) is 16.5. The summed E-state index contributed by atoms with van der Waals surface area (Å²) >= 11 is 0. The van der Waals surface area contributed by atoms with Gasteiger partial charge in [-0.05, 0) is 13.8 Å². The van der Waals surface area contributed by atoms with Gasteiger partial charge in [-0.1, -0.05) is 0 Å². The number of hydrogen-bond donors (Lipinski definition) is 0. The summed E-state index contributed by atoms with van der Waals surface area (Å²) in [6, 6.07) is 0. The highest BCUT2D eigenvalue weighted by Gasteiger charge is 2.39. The molecule has 2 saturated heterocycles. The first-order valence-electron chi connectivity index (χ1n) is 9.12. The first-order valence-corrected chi connectivity index (χ1v) is 9.12. The Morgan fingerprint density at radius 2 is 1.26 bits per heavy atom. The molecule has 0 amide bonds. The number of carbonyl (C=O) groups is 2. The molecule has 0 aromatic rings. The zero-order valence-corrected chi connectivity index (χ0v) is 16.5. The fourth-order valence-electron chi connectivity index (χ4n) is 3.00. The first kappa shape index (κ1) is 22.0. The van der Waals surface area contributed by atoms with Crippen LogP contribution in [-0.4, -0.2) is 76.4 Å². The van der Waals surface area contributed by atoms with E-state index in [-0.39, 0.29) is 37.0 Å². The van der Waals surface area contributed by atoms with E-state index in [1.807, 2.05) is 0 Å². The summed E-state index contributed by atoms with van der Waals surface area (Å²) in [6.45, 7) is 5.11. The van der Waals surface area contributed by atoms with E-state index in [2.05, 4.69) is 9.47 Å². The Bertz CT molecular complexity index is 467. The molecule has 2 aliphatic rings. The Labute approximate surface area is 159 Å². The van der Waals surface area contributed by atoms with Crippen molar-refractivity contribution in [2.24, 2.45) is 0 Å². The normalized spacial score (nSPS) is 33.2. The predicted octanol–water partition coefficient (Wildman–Crippen LogP) is 1.17. The van der Waals surface area contributed by atoms with E-state index in [1.165, 1.54) is 14.2 Å². The molecule has 0 aromatic carbocycles. The molecule has 2 fully saturated rings. The Morgan fingerprint density at radius 1 is 0.852 bits per heavy atom. The van der Waals surface area contributed by atoms with E-state index in [9.17, 15) is 9.59 Å². The number of esters is 2. The summed E-state index contributed by atoms with van der Waals surface area (Å²) in [5.41, 5.74) is 0. The third-order valence-electron chi connectivity index (χ3n) is 4.61. The van der Waals surface area contributed by atoms with Crippen LogP contribution >= 0.6 is 0 Å². The van der Waals surface area contributed by atoms with Crippen LogP contribution in [0.4, 0.5) is 0 Å². The van der Waals surface area contributed by atoms with E-state index < -0.39 is 11.6 Å². The van der Waals surface area contributed by atoms with E-state index in [0.717, 1.165) is 0 Å². The second-order valence-electron chi connectivity index (χ2n) is 7.06. The maximum atomic E-state index is 11.3. The minimum absolute atomic E-state index is 0.208. The maximum Gasteiger partial charge on any atom is 0.305 e. The van der Waals surface area contributed by atoms with Crippen molar-refractivity contribution in [1.82, 2.24) is 0 Å². The van der Waals surface area contributed by atoms with Crippen LogP contribution in [0.1, 0.15) is 39.5 Å². The lowest BCUT2D eigenvalue weighted by Crippen LogP contribution is -2.31. The van der Waals surface area contributed by atoms with Crippen molar-refractivity contribution in [2.75, 3.05) is 40.6 Å². The molecule has 0 bridgehead atoms. The summed E-state index contributed by atoms with van der Waals surface area (Å²) in [4.78, 5) is 22.5. The van der Waals surface area contributed by atoms with E-state index >= 15 is 0 Å². The van der Waals surface area contributed by atoms with E-state index in [4.69, 9.17) is 23.7 Å². The van der Waals surface area contributed by atoms with Gasteiger partial charge < -0.3 is 33.2 Å². The van der Waals surface area contributed by atoms with Gasteiger partial charge in [-0.3, -0.25) is 9.59 Å². The zero-order chi connectivity index (χ0) is 19.9. The van der Waals surface area contributed by atoms with Gasteiger partial charge >= 0.3 is 11.9 Å². The molecule has 4 unspecified atom stereocenters. The van der Waals surface area contributed by atoms with Crippen LogP contribution < -0.4 is 0 Å². The van der Waals surface area contributed by atoms with Gasteiger partial charge in [0.15, 0.2) is 11.6 Å². The smallest absolute Gasteiger partial charge is 0.305 e. The molecule has 156 valence electrons. The Hall–Kier alpha value is -1.26. The number of hydrogen-bond acceptors (Lipinski definition) is 9. The van der Waals surface area contributed by atoms with Crippen LogP contribution in [-0.2, 0) is 42.7 Å². The molecular formula is C18H30O9. The van der Waals surface area contributed by atoms with Crippen molar-refractivity contribution < 1.29 is 42.7 Å². The molecule has 2 rings (SSSR count). The molecule has 9 nitrogen and oxygen atoms in total. The minimum atomic E-state index is -0.804. The molecule has 0 aromatic heterocycles. The number of methoxy groups -OCH3 is 2. The highest BCUT2D eigenvalue weighted by Crippen LogP contribution is 2.30. The van der Waals surface area contributed by atoms with Crippen LogP contribution in [0.25, 0.3) is 0 Å². The van der Waals surface area contributed by atoms with Crippen LogP contribution in [0.15, 0.2) is 0 Å². The quantitative estimate of drug-likeness (QED) is 0.509. The summed E-state index contributed by atoms with van der Waals surface area (Å²) in [7, 11) is 2.71. The molecule has 0 aliphatic carbocycles. The topological polar surface area (TPSA) is 98.8 Å². The minimum Gasteiger partial charge on any atom is -0.469 e. The number of carbonyl (C=O) groups excluding carboxylic acids is 2. The van der Waals surface area contributed by atoms with Gasteiger partial charge in [-0.25, -0.2) is 0 Å². The fraction of sp³-hybridized carbons (Fsp3) is 0.889. The molecule has 2 aliphatic heterocycles. The van der Waals surface area contributed by atoms with Gasteiger partial charge in [0.2, 0.25) is 0 Å². The van der Waals surface area contributed by atoms with E-state index in [1.54, 1.807) is 13.8 Å². The van der Waals surface area contributed by atoms with Crippen molar-refractivity contribution in [3.8, 4) is 0 Å². The van der Waals surface area contributed by atoms with Gasteiger partial charge in [-0.15, -0.1) is 0 Å². The first-order chi connectivity index (χ1) is 12.8. The highest BCUT2D eigenvalue weighted by atomic mass is 16.8. The molecule has 9 heteroatoms. The second kappa shape index (κ2) is 9.79. The summed E-state index contributed by atoms with van der Waals surface area (Å²) in [5.74, 6) is -2.20. The average molecular weight is 390 g/mol. The molecule has 4 atom stereocenters. The van der Waals surface area contributed by atoms with Gasteiger partial charge in [-0.2, -0.15) is 0 Å². The Balaban J connectivity index is 1.63. The van der Waals surface area contributed by atoms with Gasteiger partial charge in [0.05, 0.1) is 53.5 Å².